The first-order chi connectivity index (χ1) is 14.7. The van der Waals surface area contributed by atoms with Gasteiger partial charge >= 0.3 is 180 Å². The molecular formula is C28H54SSn. The molecule has 0 radical (unpaired) electrons. The van der Waals surface area contributed by atoms with Crippen molar-refractivity contribution in [1.29, 1.82) is 0 Å². The molecule has 0 nitrogen and oxygen atoms in total. The van der Waals surface area contributed by atoms with E-state index in [1.165, 1.54) is 109 Å². The fraction of sp³-hybridized carbons (Fsp3) is 0.857. The molecule has 0 saturated carbocycles. The van der Waals surface area contributed by atoms with Crippen molar-refractivity contribution in [3.05, 3.63) is 17.0 Å². The SMILES string of the molecule is CCCCCCCCCCCCc1cc[c]([Sn]([CH2]CCC)([CH2]CCC)[CH2]CCC)s1. The second-order valence-electron chi connectivity index (χ2n) is 9.79. The Hall–Kier alpha value is 0.499. The minimum atomic E-state index is -2.17. The van der Waals surface area contributed by atoms with Crippen LogP contribution in [0.5, 0.6) is 0 Å². The molecule has 0 bridgehead atoms. The molecule has 0 N–H and O–H groups in total. The fourth-order valence-electron chi connectivity index (χ4n) is 4.87. The van der Waals surface area contributed by atoms with Crippen molar-refractivity contribution in [3.8, 4) is 0 Å². The first-order valence-electron chi connectivity index (χ1n) is 13.8. The van der Waals surface area contributed by atoms with E-state index >= 15 is 0 Å². The van der Waals surface area contributed by atoms with Gasteiger partial charge in [0.2, 0.25) is 0 Å². The van der Waals surface area contributed by atoms with Gasteiger partial charge in [0, 0.05) is 0 Å². The van der Waals surface area contributed by atoms with Crippen molar-refractivity contribution in [3.63, 3.8) is 0 Å². The molecule has 0 aliphatic heterocycles. The zero-order valence-electron chi connectivity index (χ0n) is 21.2. The van der Waals surface area contributed by atoms with Gasteiger partial charge in [0.05, 0.1) is 0 Å². The first-order valence-corrected chi connectivity index (χ1v) is 22.1. The van der Waals surface area contributed by atoms with Gasteiger partial charge in [0.25, 0.3) is 0 Å². The van der Waals surface area contributed by atoms with E-state index in [4.69, 9.17) is 0 Å². The van der Waals surface area contributed by atoms with Crippen LogP contribution < -0.4 is 2.89 Å². The van der Waals surface area contributed by atoms with Crippen molar-refractivity contribution >= 4 is 32.6 Å². The van der Waals surface area contributed by atoms with Gasteiger partial charge in [-0.2, -0.15) is 0 Å². The third-order valence-electron chi connectivity index (χ3n) is 6.99. The quantitative estimate of drug-likeness (QED) is 0.107. The fourth-order valence-corrected chi connectivity index (χ4v) is 25.2. The zero-order valence-corrected chi connectivity index (χ0v) is 24.9. The molecule has 1 aromatic rings. The molecule has 0 saturated heterocycles. The molecule has 1 heterocycles. The number of aryl methyl sites for hydroxylation is 1. The summed E-state index contributed by atoms with van der Waals surface area (Å²) in [5, 5.41) is 0. The maximum absolute atomic E-state index is 2.62. The predicted octanol–water partition coefficient (Wildman–Crippen LogP) is 10.3. The third-order valence-corrected chi connectivity index (χ3v) is 26.4. The number of unbranched alkanes of at least 4 members (excludes halogenated alkanes) is 12. The standard InChI is InChI=1S/C16H27S.3C4H9.Sn/c1-2-3-4-5-6-7-8-9-10-11-13-16-14-12-15-17-16;3*1-3-4-2;/h12,14H,2-11,13H2,1H3;3*1,3-4H2,2H3;. The van der Waals surface area contributed by atoms with Crippen molar-refractivity contribution in [1.82, 2.24) is 0 Å². The number of rotatable bonds is 21. The predicted molar refractivity (Wildman–Crippen MR) is 144 cm³/mol. The molecule has 30 heavy (non-hydrogen) atoms. The van der Waals surface area contributed by atoms with Crippen LogP contribution in [0.2, 0.25) is 13.3 Å². The van der Waals surface area contributed by atoms with E-state index < -0.39 is 18.4 Å². The van der Waals surface area contributed by atoms with E-state index in [-0.39, 0.29) is 0 Å². The normalized spacial score (nSPS) is 12.0. The van der Waals surface area contributed by atoms with Gasteiger partial charge in [0.15, 0.2) is 0 Å². The van der Waals surface area contributed by atoms with Crippen LogP contribution in [-0.2, 0) is 6.42 Å². The Morgan fingerprint density at radius 1 is 0.533 bits per heavy atom. The Labute approximate surface area is 198 Å². The van der Waals surface area contributed by atoms with E-state index in [2.05, 4.69) is 51.2 Å². The van der Waals surface area contributed by atoms with Crippen LogP contribution in [0.3, 0.4) is 0 Å². The molecule has 0 atom stereocenters. The van der Waals surface area contributed by atoms with E-state index in [9.17, 15) is 0 Å². The summed E-state index contributed by atoms with van der Waals surface area (Å²) in [6.45, 7) is 9.48. The Bertz CT molecular complexity index is 471. The van der Waals surface area contributed by atoms with E-state index in [1.807, 2.05) is 2.89 Å². The average molecular weight is 542 g/mol. The van der Waals surface area contributed by atoms with Gasteiger partial charge in [-0.3, -0.25) is 0 Å². The molecule has 0 unspecified atom stereocenters. The monoisotopic (exact) mass is 542 g/mol. The summed E-state index contributed by atoms with van der Waals surface area (Å²) in [7, 11) is 0. The van der Waals surface area contributed by atoms with Crippen LogP contribution in [0.25, 0.3) is 0 Å². The van der Waals surface area contributed by atoms with Gasteiger partial charge in [-0.05, 0) is 0 Å². The topological polar surface area (TPSA) is 0 Å². The molecule has 0 aromatic carbocycles. The molecule has 1 aromatic heterocycles. The summed E-state index contributed by atoms with van der Waals surface area (Å²) in [6, 6.07) is 5.15. The molecule has 176 valence electrons. The summed E-state index contributed by atoms with van der Waals surface area (Å²) < 4.78 is 6.78. The van der Waals surface area contributed by atoms with Crippen LogP contribution >= 0.6 is 11.3 Å². The molecule has 2 heteroatoms. The van der Waals surface area contributed by atoms with Crippen molar-refractivity contribution in [2.45, 2.75) is 150 Å². The van der Waals surface area contributed by atoms with Crippen LogP contribution in [0.15, 0.2) is 12.1 Å². The molecule has 0 amide bonds. The summed E-state index contributed by atoms with van der Waals surface area (Å²) in [5.74, 6) is 0. The van der Waals surface area contributed by atoms with Crippen molar-refractivity contribution in [2.24, 2.45) is 0 Å². The first kappa shape index (κ1) is 28.5. The van der Waals surface area contributed by atoms with E-state index in [0.717, 1.165) is 0 Å². The Kier molecular flexibility index (Phi) is 18.1. The van der Waals surface area contributed by atoms with Gasteiger partial charge in [-0.15, -0.1) is 0 Å². The van der Waals surface area contributed by atoms with E-state index in [0.29, 0.717) is 0 Å². The summed E-state index contributed by atoms with van der Waals surface area (Å²) in [5.41, 5.74) is 0. The zero-order chi connectivity index (χ0) is 21.9. The Balaban J connectivity index is 2.46. The van der Waals surface area contributed by atoms with Crippen LogP contribution in [0.4, 0.5) is 0 Å². The minimum absolute atomic E-state index is 1.35. The number of hydrogen-bond donors (Lipinski definition) is 0. The molecule has 0 fully saturated rings. The van der Waals surface area contributed by atoms with Crippen LogP contribution in [0.1, 0.15) is 135 Å². The summed E-state index contributed by atoms with van der Waals surface area (Å²) in [6.07, 6.45) is 24.4. The van der Waals surface area contributed by atoms with Gasteiger partial charge in [-0.25, -0.2) is 0 Å². The molecule has 0 aliphatic carbocycles. The molecule has 0 aliphatic rings. The Morgan fingerprint density at radius 3 is 1.43 bits per heavy atom. The van der Waals surface area contributed by atoms with Crippen LogP contribution in [0, 0.1) is 0 Å². The van der Waals surface area contributed by atoms with Crippen molar-refractivity contribution in [2.75, 3.05) is 0 Å². The average Bonchev–Trinajstić information content (AvgIpc) is 3.24. The summed E-state index contributed by atoms with van der Waals surface area (Å²) >= 11 is 0.0939. The molecular weight excluding hydrogens is 487 g/mol. The second kappa shape index (κ2) is 19.0. The van der Waals surface area contributed by atoms with Crippen LogP contribution in [-0.4, -0.2) is 18.4 Å². The van der Waals surface area contributed by atoms with E-state index in [1.54, 1.807) is 18.2 Å². The number of thiophene rings is 1. The second-order valence-corrected chi connectivity index (χ2v) is 25.1. The van der Waals surface area contributed by atoms with Gasteiger partial charge in [-0.1, -0.05) is 19.8 Å². The van der Waals surface area contributed by atoms with Crippen molar-refractivity contribution < 1.29 is 0 Å². The summed E-state index contributed by atoms with van der Waals surface area (Å²) in [4.78, 5) is 1.70. The number of hydrogen-bond acceptors (Lipinski definition) is 1. The van der Waals surface area contributed by atoms with Gasteiger partial charge < -0.3 is 0 Å². The Morgan fingerprint density at radius 2 is 0.967 bits per heavy atom. The molecule has 1 rings (SSSR count). The van der Waals surface area contributed by atoms with Gasteiger partial charge in [0.1, 0.15) is 0 Å². The third kappa shape index (κ3) is 11.9. The molecule has 0 spiro atoms. The maximum atomic E-state index is 2.62.